The van der Waals surface area contributed by atoms with Gasteiger partial charge in [-0.15, -0.1) is 0 Å². The summed E-state index contributed by atoms with van der Waals surface area (Å²) in [6.07, 6.45) is 3.39. The van der Waals surface area contributed by atoms with Gasteiger partial charge >= 0.3 is 0 Å². The largest absolute Gasteiger partial charge is 0.369 e. The van der Waals surface area contributed by atoms with Gasteiger partial charge in [0.25, 0.3) is 5.69 Å². The molecule has 2 heterocycles. The number of piperidine rings is 1. The zero-order chi connectivity index (χ0) is 19.6. The molecular formula is C20H30N4O3. The first-order valence-corrected chi connectivity index (χ1v) is 9.94. The summed E-state index contributed by atoms with van der Waals surface area (Å²) in [4.78, 5) is 30.1. The first kappa shape index (κ1) is 19.6. The van der Waals surface area contributed by atoms with Gasteiger partial charge in [-0.25, -0.2) is 0 Å². The summed E-state index contributed by atoms with van der Waals surface area (Å²) in [6, 6.07) is 7.25. The molecule has 2 aliphatic rings. The van der Waals surface area contributed by atoms with Crippen LogP contribution >= 0.6 is 0 Å². The lowest BCUT2D eigenvalue weighted by Gasteiger charge is -2.44. The maximum Gasteiger partial charge on any atom is 0.269 e. The Balaban J connectivity index is 1.58. The fraction of sp³-hybridized carbons (Fsp3) is 0.650. The van der Waals surface area contributed by atoms with Crippen LogP contribution in [0.25, 0.3) is 0 Å². The molecule has 3 rings (SSSR count). The highest BCUT2D eigenvalue weighted by atomic mass is 16.6. The van der Waals surface area contributed by atoms with E-state index in [1.54, 1.807) is 24.3 Å². The molecule has 1 amide bonds. The Morgan fingerprint density at radius 2 is 1.63 bits per heavy atom. The summed E-state index contributed by atoms with van der Waals surface area (Å²) in [6.45, 7) is 9.62. The Morgan fingerprint density at radius 1 is 1.07 bits per heavy atom. The van der Waals surface area contributed by atoms with E-state index in [0.29, 0.717) is 12.1 Å². The van der Waals surface area contributed by atoms with E-state index in [1.165, 1.54) is 6.42 Å². The van der Waals surface area contributed by atoms with E-state index in [1.807, 2.05) is 6.92 Å². The molecule has 7 nitrogen and oxygen atoms in total. The Morgan fingerprint density at radius 3 is 2.15 bits per heavy atom. The number of amides is 1. The van der Waals surface area contributed by atoms with Crippen LogP contribution in [0.1, 0.15) is 40.0 Å². The number of nitrogens with zero attached hydrogens (tertiary/aromatic N) is 4. The standard InChI is InChI=1S/C20H30N4O3/c1-15-5-4-6-16(2)23(15)20(25)17(3)21-11-13-22(14-12-21)18-7-9-19(10-8-18)24(26)27/h7-10,15-17H,4-6,11-14H2,1-3H3/t15-,16+,17-/m1/s1. The summed E-state index contributed by atoms with van der Waals surface area (Å²) in [5.74, 6) is 0.249. The van der Waals surface area contributed by atoms with Crippen molar-refractivity contribution < 1.29 is 9.72 Å². The third kappa shape index (κ3) is 4.24. The minimum absolute atomic E-state index is 0.105. The molecule has 27 heavy (non-hydrogen) atoms. The number of anilines is 1. The van der Waals surface area contributed by atoms with E-state index in [0.717, 1.165) is 44.7 Å². The fourth-order valence-electron chi connectivity index (χ4n) is 4.38. The van der Waals surface area contributed by atoms with Crippen molar-refractivity contribution in [2.75, 3.05) is 31.1 Å². The second-order valence-electron chi connectivity index (χ2n) is 7.85. The average Bonchev–Trinajstić information content (AvgIpc) is 2.67. The predicted octanol–water partition coefficient (Wildman–Crippen LogP) is 2.89. The third-order valence-corrected chi connectivity index (χ3v) is 6.09. The molecule has 0 saturated carbocycles. The molecule has 2 aliphatic heterocycles. The van der Waals surface area contributed by atoms with Crippen LogP contribution in [0.15, 0.2) is 24.3 Å². The number of piperazine rings is 1. The van der Waals surface area contributed by atoms with Crippen molar-refractivity contribution in [2.24, 2.45) is 0 Å². The van der Waals surface area contributed by atoms with Crippen LogP contribution in [0, 0.1) is 10.1 Å². The van der Waals surface area contributed by atoms with Crippen molar-refractivity contribution in [3.8, 4) is 0 Å². The molecule has 0 aromatic heterocycles. The lowest BCUT2D eigenvalue weighted by atomic mass is 9.96. The summed E-state index contributed by atoms with van der Waals surface area (Å²) in [5.41, 5.74) is 1.11. The number of carbonyl (C=O) groups excluding carboxylic acids is 1. The number of benzene rings is 1. The highest BCUT2D eigenvalue weighted by Crippen LogP contribution is 2.25. The quantitative estimate of drug-likeness (QED) is 0.599. The van der Waals surface area contributed by atoms with Crippen LogP contribution in [0.3, 0.4) is 0 Å². The summed E-state index contributed by atoms with van der Waals surface area (Å²) >= 11 is 0. The molecule has 1 aromatic rings. The van der Waals surface area contributed by atoms with Gasteiger partial charge in [-0.05, 0) is 52.2 Å². The van der Waals surface area contributed by atoms with Crippen LogP contribution in [0.5, 0.6) is 0 Å². The first-order chi connectivity index (χ1) is 12.9. The van der Waals surface area contributed by atoms with Crippen LogP contribution in [0.2, 0.25) is 0 Å². The van der Waals surface area contributed by atoms with E-state index in [4.69, 9.17) is 0 Å². The van der Waals surface area contributed by atoms with E-state index < -0.39 is 0 Å². The van der Waals surface area contributed by atoms with Gasteiger partial charge in [0.2, 0.25) is 5.91 Å². The minimum atomic E-state index is -0.377. The number of hydrogen-bond acceptors (Lipinski definition) is 5. The van der Waals surface area contributed by atoms with Crippen molar-refractivity contribution in [1.29, 1.82) is 0 Å². The smallest absolute Gasteiger partial charge is 0.269 e. The molecule has 148 valence electrons. The second kappa shape index (κ2) is 8.25. The van der Waals surface area contributed by atoms with E-state index in [9.17, 15) is 14.9 Å². The molecule has 2 saturated heterocycles. The molecule has 3 atom stereocenters. The van der Waals surface area contributed by atoms with Crippen molar-refractivity contribution in [3.63, 3.8) is 0 Å². The zero-order valence-electron chi connectivity index (χ0n) is 16.5. The molecule has 0 bridgehead atoms. The number of nitro benzene ring substituents is 1. The van der Waals surface area contributed by atoms with Crippen LogP contribution in [0.4, 0.5) is 11.4 Å². The molecule has 0 N–H and O–H groups in total. The highest BCUT2D eigenvalue weighted by Gasteiger charge is 2.34. The van der Waals surface area contributed by atoms with E-state index in [-0.39, 0.29) is 22.6 Å². The number of non-ortho nitro benzene ring substituents is 1. The molecule has 0 aliphatic carbocycles. The van der Waals surface area contributed by atoms with Crippen LogP contribution in [-0.2, 0) is 4.79 Å². The molecule has 0 radical (unpaired) electrons. The number of hydrogen-bond donors (Lipinski definition) is 0. The van der Waals surface area contributed by atoms with Gasteiger partial charge in [-0.1, -0.05) is 0 Å². The zero-order valence-corrected chi connectivity index (χ0v) is 16.5. The Kier molecular flexibility index (Phi) is 5.99. The van der Waals surface area contributed by atoms with Crippen LogP contribution in [-0.4, -0.2) is 64.9 Å². The molecule has 1 aromatic carbocycles. The maximum absolute atomic E-state index is 13.1. The van der Waals surface area contributed by atoms with Gasteiger partial charge in [0.1, 0.15) is 0 Å². The second-order valence-corrected chi connectivity index (χ2v) is 7.85. The summed E-state index contributed by atoms with van der Waals surface area (Å²) in [5, 5.41) is 10.8. The minimum Gasteiger partial charge on any atom is -0.369 e. The van der Waals surface area contributed by atoms with Crippen molar-refractivity contribution in [2.45, 2.75) is 58.2 Å². The number of carbonyl (C=O) groups is 1. The van der Waals surface area contributed by atoms with Crippen molar-refractivity contribution in [1.82, 2.24) is 9.80 Å². The molecular weight excluding hydrogens is 344 g/mol. The monoisotopic (exact) mass is 374 g/mol. The average molecular weight is 374 g/mol. The number of nitro groups is 1. The van der Waals surface area contributed by atoms with E-state index >= 15 is 0 Å². The van der Waals surface area contributed by atoms with Crippen molar-refractivity contribution in [3.05, 3.63) is 34.4 Å². The molecule has 0 unspecified atom stereocenters. The lowest BCUT2D eigenvalue weighted by Crippen LogP contribution is -2.58. The first-order valence-electron chi connectivity index (χ1n) is 9.94. The fourth-order valence-corrected chi connectivity index (χ4v) is 4.38. The Labute approximate surface area is 161 Å². The third-order valence-electron chi connectivity index (χ3n) is 6.09. The van der Waals surface area contributed by atoms with Gasteiger partial charge < -0.3 is 9.80 Å². The number of rotatable bonds is 4. The lowest BCUT2D eigenvalue weighted by molar-refractivity contribution is -0.384. The van der Waals surface area contributed by atoms with Gasteiger partial charge in [-0.2, -0.15) is 0 Å². The predicted molar refractivity (Wildman–Crippen MR) is 106 cm³/mol. The molecule has 7 heteroatoms. The Bertz CT molecular complexity index is 660. The topological polar surface area (TPSA) is 69.9 Å². The maximum atomic E-state index is 13.1. The van der Waals surface area contributed by atoms with Gasteiger partial charge in [-0.3, -0.25) is 19.8 Å². The molecule has 2 fully saturated rings. The van der Waals surface area contributed by atoms with Gasteiger partial charge in [0, 0.05) is 56.1 Å². The Hall–Kier alpha value is -2.15. The normalized spacial score (nSPS) is 25.3. The van der Waals surface area contributed by atoms with Crippen LogP contribution < -0.4 is 4.90 Å². The summed E-state index contributed by atoms with van der Waals surface area (Å²) < 4.78 is 0. The van der Waals surface area contributed by atoms with E-state index in [2.05, 4.69) is 28.5 Å². The summed E-state index contributed by atoms with van der Waals surface area (Å²) in [7, 11) is 0. The van der Waals surface area contributed by atoms with Crippen molar-refractivity contribution >= 4 is 17.3 Å². The SMILES string of the molecule is C[C@H](C(=O)N1[C@H](C)CCC[C@@H]1C)N1CCN(c2ccc([N+](=O)[O-])cc2)CC1. The van der Waals surface area contributed by atoms with Gasteiger partial charge in [0.05, 0.1) is 11.0 Å². The molecule has 0 spiro atoms. The number of likely N-dealkylation sites (tertiary alicyclic amines) is 1. The highest BCUT2D eigenvalue weighted by molar-refractivity contribution is 5.82. The van der Waals surface area contributed by atoms with Gasteiger partial charge in [0.15, 0.2) is 0 Å².